The van der Waals surface area contributed by atoms with Crippen LogP contribution in [-0.2, 0) is 0 Å². The standard InChI is InChI=1S/C31H26FN5O/c32-27-6-2-1-4-24(27)23-5-3-7-28-25(23)16-30(35-28)31-26-15-19(8-9-29(26)36-37-31)20-14-22(18-34-17-20)38-21-10-12-33-13-11-21/h1-9,14-18,21,33,35H,10-13H2,(H,36,37). The number of nitrogens with one attached hydrogen (secondary N) is 3. The normalized spacial score (nSPS) is 14.3. The highest BCUT2D eigenvalue weighted by atomic mass is 19.1. The van der Waals surface area contributed by atoms with Gasteiger partial charge in [-0.25, -0.2) is 4.39 Å². The molecule has 7 rings (SSSR count). The minimum absolute atomic E-state index is 0.215. The first-order chi connectivity index (χ1) is 18.7. The highest BCUT2D eigenvalue weighted by Gasteiger charge is 2.17. The molecule has 3 N–H and O–H groups in total. The number of hydrogen-bond acceptors (Lipinski definition) is 4. The lowest BCUT2D eigenvalue weighted by Gasteiger charge is -2.23. The van der Waals surface area contributed by atoms with Crippen molar-refractivity contribution in [2.45, 2.75) is 18.9 Å². The van der Waals surface area contributed by atoms with Crippen LogP contribution in [0.4, 0.5) is 4.39 Å². The lowest BCUT2D eigenvalue weighted by molar-refractivity contribution is 0.162. The van der Waals surface area contributed by atoms with Gasteiger partial charge in [-0.05, 0) is 73.5 Å². The Morgan fingerprint density at radius 2 is 1.66 bits per heavy atom. The van der Waals surface area contributed by atoms with Crippen molar-refractivity contribution in [3.05, 3.63) is 91.0 Å². The lowest BCUT2D eigenvalue weighted by atomic mass is 10.0. The Labute approximate surface area is 218 Å². The lowest BCUT2D eigenvalue weighted by Crippen LogP contribution is -2.34. The van der Waals surface area contributed by atoms with Gasteiger partial charge in [-0.15, -0.1) is 0 Å². The monoisotopic (exact) mass is 503 g/mol. The smallest absolute Gasteiger partial charge is 0.138 e. The zero-order valence-electron chi connectivity index (χ0n) is 20.7. The van der Waals surface area contributed by atoms with Crippen LogP contribution >= 0.6 is 0 Å². The maximum Gasteiger partial charge on any atom is 0.138 e. The van der Waals surface area contributed by atoms with Crippen molar-refractivity contribution >= 4 is 21.8 Å². The van der Waals surface area contributed by atoms with Crippen LogP contribution < -0.4 is 10.1 Å². The summed E-state index contributed by atoms with van der Waals surface area (Å²) in [6.07, 6.45) is 5.85. The van der Waals surface area contributed by atoms with Crippen LogP contribution in [0, 0.1) is 5.82 Å². The topological polar surface area (TPSA) is 78.6 Å². The van der Waals surface area contributed by atoms with Gasteiger partial charge < -0.3 is 15.0 Å². The van der Waals surface area contributed by atoms with E-state index in [9.17, 15) is 4.39 Å². The number of benzene rings is 3. The second-order valence-corrected chi connectivity index (χ2v) is 9.74. The number of pyridine rings is 1. The summed E-state index contributed by atoms with van der Waals surface area (Å²) in [6, 6.07) is 23.1. The SMILES string of the molecule is Fc1ccccc1-c1cccc2[nH]c(-c3n[nH]c4ccc(-c5cncc(OC6CCNCC6)c5)cc34)cc12. The number of halogens is 1. The summed E-state index contributed by atoms with van der Waals surface area (Å²) in [5.41, 5.74) is 7.00. The Kier molecular flexibility index (Phi) is 5.63. The van der Waals surface area contributed by atoms with Gasteiger partial charge in [0.05, 0.1) is 17.4 Å². The highest BCUT2D eigenvalue weighted by Crippen LogP contribution is 2.36. The number of ether oxygens (including phenoxy) is 1. The van der Waals surface area contributed by atoms with Crippen molar-refractivity contribution < 1.29 is 9.13 Å². The molecule has 4 heterocycles. The highest BCUT2D eigenvalue weighted by molar-refractivity contribution is 6.01. The van der Waals surface area contributed by atoms with Crippen LogP contribution in [0.1, 0.15) is 12.8 Å². The van der Waals surface area contributed by atoms with E-state index in [-0.39, 0.29) is 11.9 Å². The second kappa shape index (κ2) is 9.43. The van der Waals surface area contributed by atoms with Crippen LogP contribution in [0.5, 0.6) is 5.75 Å². The fraction of sp³-hybridized carbons (Fsp3) is 0.161. The molecule has 188 valence electrons. The van der Waals surface area contributed by atoms with E-state index in [0.29, 0.717) is 5.56 Å². The zero-order valence-corrected chi connectivity index (χ0v) is 20.7. The van der Waals surface area contributed by atoms with Gasteiger partial charge in [0.2, 0.25) is 0 Å². The van der Waals surface area contributed by atoms with E-state index in [1.807, 2.05) is 42.6 Å². The molecule has 1 saturated heterocycles. The largest absolute Gasteiger partial charge is 0.489 e. The Morgan fingerprint density at radius 1 is 0.789 bits per heavy atom. The molecule has 0 spiro atoms. The number of H-pyrrole nitrogens is 2. The van der Waals surface area contributed by atoms with Gasteiger partial charge in [0.15, 0.2) is 0 Å². The van der Waals surface area contributed by atoms with Gasteiger partial charge >= 0.3 is 0 Å². The quantitative estimate of drug-likeness (QED) is 0.244. The molecule has 3 aromatic heterocycles. The van der Waals surface area contributed by atoms with Gasteiger partial charge in [-0.2, -0.15) is 5.10 Å². The van der Waals surface area contributed by atoms with Crippen LogP contribution in [0.25, 0.3) is 55.4 Å². The first-order valence-electron chi connectivity index (χ1n) is 12.9. The number of hydrogen-bond donors (Lipinski definition) is 3. The number of piperidine rings is 1. The molecule has 0 amide bonds. The fourth-order valence-corrected chi connectivity index (χ4v) is 5.34. The number of nitrogens with zero attached hydrogens (tertiary/aromatic N) is 2. The maximum atomic E-state index is 14.6. The molecule has 3 aromatic carbocycles. The van der Waals surface area contributed by atoms with E-state index in [2.05, 4.69) is 49.7 Å². The summed E-state index contributed by atoms with van der Waals surface area (Å²) in [6.45, 7) is 1.96. The molecule has 7 heteroatoms. The van der Waals surface area contributed by atoms with Crippen molar-refractivity contribution in [3.8, 4) is 39.4 Å². The molecule has 0 saturated carbocycles. The molecule has 1 fully saturated rings. The molecule has 0 radical (unpaired) electrons. The second-order valence-electron chi connectivity index (χ2n) is 9.74. The molecule has 38 heavy (non-hydrogen) atoms. The molecule has 1 aliphatic rings. The van der Waals surface area contributed by atoms with Crippen LogP contribution in [0.15, 0.2) is 85.2 Å². The molecular formula is C31H26FN5O. The molecule has 0 unspecified atom stereocenters. The maximum absolute atomic E-state index is 14.6. The van der Waals surface area contributed by atoms with E-state index in [4.69, 9.17) is 4.74 Å². The Hall–Kier alpha value is -4.49. The third kappa shape index (κ3) is 4.11. The number of aromatic amines is 2. The fourth-order valence-electron chi connectivity index (χ4n) is 5.34. The first kappa shape index (κ1) is 22.7. The molecule has 0 atom stereocenters. The first-order valence-corrected chi connectivity index (χ1v) is 12.9. The van der Waals surface area contributed by atoms with E-state index in [1.54, 1.807) is 12.3 Å². The number of fused-ring (bicyclic) bond motifs is 2. The van der Waals surface area contributed by atoms with Gasteiger partial charge in [-0.1, -0.05) is 36.4 Å². The summed E-state index contributed by atoms with van der Waals surface area (Å²) in [5, 5.41) is 13.1. The van der Waals surface area contributed by atoms with Crippen molar-refractivity contribution in [1.82, 2.24) is 25.5 Å². The van der Waals surface area contributed by atoms with Crippen molar-refractivity contribution in [2.75, 3.05) is 13.1 Å². The molecule has 6 nitrogen and oxygen atoms in total. The molecular weight excluding hydrogens is 477 g/mol. The van der Waals surface area contributed by atoms with Crippen molar-refractivity contribution in [1.29, 1.82) is 0 Å². The minimum atomic E-state index is -0.238. The van der Waals surface area contributed by atoms with Gasteiger partial charge in [0.1, 0.15) is 23.4 Å². The molecule has 0 bridgehead atoms. The summed E-state index contributed by atoms with van der Waals surface area (Å²) in [7, 11) is 0. The van der Waals surface area contributed by atoms with E-state index < -0.39 is 0 Å². The predicted molar refractivity (Wildman–Crippen MR) is 149 cm³/mol. The average Bonchev–Trinajstić information content (AvgIpc) is 3.58. The van der Waals surface area contributed by atoms with Gasteiger partial charge in [0, 0.05) is 33.6 Å². The average molecular weight is 504 g/mol. The molecule has 0 aliphatic carbocycles. The summed E-state index contributed by atoms with van der Waals surface area (Å²) >= 11 is 0. The number of rotatable bonds is 5. The van der Waals surface area contributed by atoms with Gasteiger partial charge in [0.25, 0.3) is 0 Å². The zero-order chi connectivity index (χ0) is 25.5. The summed E-state index contributed by atoms with van der Waals surface area (Å²) in [5.74, 6) is 0.552. The molecule has 6 aromatic rings. The third-order valence-corrected chi connectivity index (χ3v) is 7.28. The van der Waals surface area contributed by atoms with Gasteiger partial charge in [-0.3, -0.25) is 10.1 Å². The van der Waals surface area contributed by atoms with E-state index >= 15 is 0 Å². The Balaban J connectivity index is 1.26. The minimum Gasteiger partial charge on any atom is -0.489 e. The Bertz CT molecular complexity index is 1770. The predicted octanol–water partition coefficient (Wildman–Crippen LogP) is 6.71. The van der Waals surface area contributed by atoms with Crippen molar-refractivity contribution in [3.63, 3.8) is 0 Å². The van der Waals surface area contributed by atoms with Crippen LogP contribution in [0.3, 0.4) is 0 Å². The van der Waals surface area contributed by atoms with Crippen LogP contribution in [0.2, 0.25) is 0 Å². The molecule has 1 aliphatic heterocycles. The summed E-state index contributed by atoms with van der Waals surface area (Å²) < 4.78 is 20.8. The van der Waals surface area contributed by atoms with Crippen LogP contribution in [-0.4, -0.2) is 39.4 Å². The third-order valence-electron chi connectivity index (χ3n) is 7.28. The Morgan fingerprint density at radius 3 is 2.55 bits per heavy atom. The number of aromatic nitrogens is 4. The van der Waals surface area contributed by atoms with E-state index in [1.165, 1.54) is 6.07 Å². The van der Waals surface area contributed by atoms with E-state index in [0.717, 1.165) is 81.6 Å². The summed E-state index contributed by atoms with van der Waals surface area (Å²) in [4.78, 5) is 7.94. The van der Waals surface area contributed by atoms with Crippen molar-refractivity contribution in [2.24, 2.45) is 0 Å².